The Bertz CT molecular complexity index is 518. The molecule has 0 aliphatic carbocycles. The maximum Gasteiger partial charge on any atom is 0.225 e. The van der Waals surface area contributed by atoms with E-state index in [9.17, 15) is 4.79 Å². The number of nitrogens with zero attached hydrogens (tertiary/aromatic N) is 1. The van der Waals surface area contributed by atoms with E-state index in [-0.39, 0.29) is 17.4 Å². The monoisotopic (exact) mass is 302 g/mol. The van der Waals surface area contributed by atoms with Gasteiger partial charge in [0, 0.05) is 24.5 Å². The van der Waals surface area contributed by atoms with Crippen molar-refractivity contribution in [2.45, 2.75) is 53.0 Å². The summed E-state index contributed by atoms with van der Waals surface area (Å²) in [4.78, 5) is 14.7. The molecule has 1 amide bonds. The van der Waals surface area contributed by atoms with Crippen molar-refractivity contribution < 1.29 is 4.79 Å². The van der Waals surface area contributed by atoms with E-state index in [0.29, 0.717) is 5.92 Å². The van der Waals surface area contributed by atoms with Crippen LogP contribution in [-0.4, -0.2) is 36.5 Å². The van der Waals surface area contributed by atoms with Crippen LogP contribution in [-0.2, 0) is 4.79 Å². The van der Waals surface area contributed by atoms with E-state index in [0.717, 1.165) is 26.1 Å². The van der Waals surface area contributed by atoms with Gasteiger partial charge in [-0.2, -0.15) is 0 Å². The molecule has 1 N–H and O–H groups in total. The zero-order chi connectivity index (χ0) is 16.3. The van der Waals surface area contributed by atoms with Gasteiger partial charge in [-0.15, -0.1) is 0 Å². The third kappa shape index (κ3) is 4.33. The van der Waals surface area contributed by atoms with Crippen LogP contribution < -0.4 is 5.32 Å². The van der Waals surface area contributed by atoms with E-state index >= 15 is 0 Å². The first-order valence-electron chi connectivity index (χ1n) is 8.39. The Kier molecular flexibility index (Phi) is 5.28. The zero-order valence-corrected chi connectivity index (χ0v) is 14.6. The van der Waals surface area contributed by atoms with Gasteiger partial charge in [-0.1, -0.05) is 57.5 Å². The molecular weight excluding hydrogens is 272 g/mol. The molecule has 1 fully saturated rings. The number of carbonyl (C=O) groups is 1. The summed E-state index contributed by atoms with van der Waals surface area (Å²) in [5.41, 5.74) is 2.38. The SMILES string of the molecule is CCN1CC(NC(=O)C(C)(C)C)CC(c2cccc(C)c2)C1. The third-order valence-corrected chi connectivity index (χ3v) is 4.50. The Morgan fingerprint density at radius 3 is 2.64 bits per heavy atom. The summed E-state index contributed by atoms with van der Waals surface area (Å²) in [6.45, 7) is 13.3. The van der Waals surface area contributed by atoms with Gasteiger partial charge in [0.2, 0.25) is 5.91 Å². The minimum absolute atomic E-state index is 0.151. The topological polar surface area (TPSA) is 32.3 Å². The highest BCUT2D eigenvalue weighted by Gasteiger charge is 2.31. The first-order valence-corrected chi connectivity index (χ1v) is 8.39. The van der Waals surface area contributed by atoms with Crippen molar-refractivity contribution in [3.8, 4) is 0 Å². The number of rotatable bonds is 3. The molecule has 0 bridgehead atoms. The molecule has 3 heteroatoms. The van der Waals surface area contributed by atoms with Crippen LogP contribution in [0.5, 0.6) is 0 Å². The van der Waals surface area contributed by atoms with Crippen molar-refractivity contribution in [1.29, 1.82) is 0 Å². The number of nitrogens with one attached hydrogen (secondary N) is 1. The molecule has 122 valence electrons. The van der Waals surface area contributed by atoms with E-state index in [2.05, 4.69) is 48.3 Å². The third-order valence-electron chi connectivity index (χ3n) is 4.50. The molecule has 2 unspecified atom stereocenters. The van der Waals surface area contributed by atoms with Gasteiger partial charge in [0.15, 0.2) is 0 Å². The van der Waals surface area contributed by atoms with Crippen molar-refractivity contribution >= 4 is 5.91 Å². The molecular formula is C19H30N2O. The Labute approximate surface area is 135 Å². The molecule has 1 aliphatic heterocycles. The molecule has 0 aromatic heterocycles. The fourth-order valence-electron chi connectivity index (χ4n) is 3.12. The highest BCUT2D eigenvalue weighted by atomic mass is 16.2. The van der Waals surface area contributed by atoms with Gasteiger partial charge in [0.1, 0.15) is 0 Å². The minimum Gasteiger partial charge on any atom is -0.352 e. The second kappa shape index (κ2) is 6.82. The van der Waals surface area contributed by atoms with E-state index in [1.165, 1.54) is 11.1 Å². The summed E-state index contributed by atoms with van der Waals surface area (Å²) in [5, 5.41) is 3.26. The van der Waals surface area contributed by atoms with Crippen LogP contribution in [0.25, 0.3) is 0 Å². The lowest BCUT2D eigenvalue weighted by Gasteiger charge is -2.38. The van der Waals surface area contributed by atoms with Crippen molar-refractivity contribution in [1.82, 2.24) is 10.2 Å². The Hall–Kier alpha value is -1.35. The Balaban J connectivity index is 2.11. The quantitative estimate of drug-likeness (QED) is 0.929. The van der Waals surface area contributed by atoms with Crippen LogP contribution in [0.2, 0.25) is 0 Å². The number of aryl methyl sites for hydroxylation is 1. The molecule has 0 saturated carbocycles. The fraction of sp³-hybridized carbons (Fsp3) is 0.632. The number of benzene rings is 1. The molecule has 1 saturated heterocycles. The summed E-state index contributed by atoms with van der Waals surface area (Å²) < 4.78 is 0. The molecule has 1 aromatic rings. The summed E-state index contributed by atoms with van der Waals surface area (Å²) >= 11 is 0. The molecule has 0 spiro atoms. The average molecular weight is 302 g/mol. The van der Waals surface area contributed by atoms with E-state index < -0.39 is 0 Å². The summed E-state index contributed by atoms with van der Waals surface area (Å²) in [7, 11) is 0. The molecule has 22 heavy (non-hydrogen) atoms. The van der Waals surface area contributed by atoms with Crippen LogP contribution >= 0.6 is 0 Å². The normalized spacial score (nSPS) is 23.3. The van der Waals surface area contributed by atoms with Gasteiger partial charge in [-0.3, -0.25) is 4.79 Å². The van der Waals surface area contributed by atoms with Gasteiger partial charge in [0.05, 0.1) is 0 Å². The first kappa shape index (κ1) is 17.0. The van der Waals surface area contributed by atoms with Gasteiger partial charge < -0.3 is 10.2 Å². The van der Waals surface area contributed by atoms with Gasteiger partial charge in [-0.05, 0) is 31.4 Å². The van der Waals surface area contributed by atoms with E-state index in [1.807, 2.05) is 20.8 Å². The maximum atomic E-state index is 12.3. The fourth-order valence-corrected chi connectivity index (χ4v) is 3.12. The lowest BCUT2D eigenvalue weighted by molar-refractivity contribution is -0.129. The number of piperidine rings is 1. The smallest absolute Gasteiger partial charge is 0.225 e. The number of likely N-dealkylation sites (N-methyl/N-ethyl adjacent to an activating group) is 1. The maximum absolute atomic E-state index is 12.3. The summed E-state index contributed by atoms with van der Waals surface area (Å²) in [6, 6.07) is 9.03. The van der Waals surface area contributed by atoms with Crippen LogP contribution in [0.1, 0.15) is 51.2 Å². The lowest BCUT2D eigenvalue weighted by atomic mass is 9.86. The second-order valence-electron chi connectivity index (χ2n) is 7.62. The van der Waals surface area contributed by atoms with Crippen molar-refractivity contribution in [2.75, 3.05) is 19.6 Å². The molecule has 1 heterocycles. The van der Waals surface area contributed by atoms with E-state index in [1.54, 1.807) is 0 Å². The highest BCUT2D eigenvalue weighted by molar-refractivity contribution is 5.81. The summed E-state index contributed by atoms with van der Waals surface area (Å²) in [6.07, 6.45) is 1.03. The van der Waals surface area contributed by atoms with Crippen LogP contribution in [0.3, 0.4) is 0 Å². The van der Waals surface area contributed by atoms with Gasteiger partial charge >= 0.3 is 0 Å². The van der Waals surface area contributed by atoms with Crippen molar-refractivity contribution in [3.63, 3.8) is 0 Å². The molecule has 1 aliphatic rings. The number of hydrogen-bond acceptors (Lipinski definition) is 2. The van der Waals surface area contributed by atoms with E-state index in [4.69, 9.17) is 0 Å². The second-order valence-corrected chi connectivity index (χ2v) is 7.62. The predicted octanol–water partition coefficient (Wildman–Crippen LogP) is 3.34. The van der Waals surface area contributed by atoms with Crippen molar-refractivity contribution in [3.05, 3.63) is 35.4 Å². The molecule has 1 aromatic carbocycles. The number of hydrogen-bond donors (Lipinski definition) is 1. The molecule has 0 radical (unpaired) electrons. The molecule has 2 rings (SSSR count). The number of amides is 1. The average Bonchev–Trinajstić information content (AvgIpc) is 2.46. The van der Waals surface area contributed by atoms with Crippen LogP contribution in [0.4, 0.5) is 0 Å². The Morgan fingerprint density at radius 1 is 1.32 bits per heavy atom. The zero-order valence-electron chi connectivity index (χ0n) is 14.6. The van der Waals surface area contributed by atoms with Gasteiger partial charge in [-0.25, -0.2) is 0 Å². The predicted molar refractivity (Wildman–Crippen MR) is 92.0 cm³/mol. The molecule has 2 atom stereocenters. The first-order chi connectivity index (χ1) is 10.3. The van der Waals surface area contributed by atoms with Crippen LogP contribution in [0.15, 0.2) is 24.3 Å². The highest BCUT2D eigenvalue weighted by Crippen LogP contribution is 2.28. The van der Waals surface area contributed by atoms with Crippen molar-refractivity contribution in [2.24, 2.45) is 5.41 Å². The number of likely N-dealkylation sites (tertiary alicyclic amines) is 1. The Morgan fingerprint density at radius 2 is 2.05 bits per heavy atom. The number of carbonyl (C=O) groups excluding carboxylic acids is 1. The lowest BCUT2D eigenvalue weighted by Crippen LogP contribution is -2.52. The van der Waals surface area contributed by atoms with Gasteiger partial charge in [0.25, 0.3) is 0 Å². The summed E-state index contributed by atoms with van der Waals surface area (Å²) in [5.74, 6) is 0.650. The van der Waals surface area contributed by atoms with Crippen LogP contribution in [0, 0.1) is 12.3 Å². The largest absolute Gasteiger partial charge is 0.352 e. The standard InChI is InChI=1S/C19H30N2O/c1-6-21-12-16(15-9-7-8-14(2)10-15)11-17(13-21)20-18(22)19(3,4)5/h7-10,16-17H,6,11-13H2,1-5H3,(H,20,22). The molecule has 3 nitrogen and oxygen atoms in total. The minimum atomic E-state index is -0.326.